The SMILES string of the molecule is Cc1cc(C(=O)NCC(Cc2ccc3ccccc3c2)C(=O)O)no1. The van der Waals surface area contributed by atoms with Crippen LogP contribution in [0.2, 0.25) is 0 Å². The molecule has 25 heavy (non-hydrogen) atoms. The van der Waals surface area contributed by atoms with Gasteiger partial charge in [0, 0.05) is 12.6 Å². The van der Waals surface area contributed by atoms with E-state index >= 15 is 0 Å². The zero-order valence-corrected chi connectivity index (χ0v) is 13.7. The molecule has 1 atom stereocenters. The van der Waals surface area contributed by atoms with Gasteiger partial charge in [-0.2, -0.15) is 0 Å². The number of carbonyl (C=O) groups excluding carboxylic acids is 1. The lowest BCUT2D eigenvalue weighted by molar-refractivity contribution is -0.141. The third-order valence-electron chi connectivity index (χ3n) is 4.01. The molecule has 3 rings (SSSR count). The van der Waals surface area contributed by atoms with Crippen LogP contribution in [0.4, 0.5) is 0 Å². The maximum Gasteiger partial charge on any atom is 0.308 e. The van der Waals surface area contributed by atoms with Crippen molar-refractivity contribution in [2.75, 3.05) is 6.54 Å². The molecule has 6 heteroatoms. The third-order valence-corrected chi connectivity index (χ3v) is 4.01. The molecule has 0 radical (unpaired) electrons. The van der Waals surface area contributed by atoms with Crippen LogP contribution >= 0.6 is 0 Å². The standard InChI is InChI=1S/C19H18N2O4/c1-12-8-17(21-25-12)18(22)20-11-16(19(23)24)10-13-6-7-14-4-2-3-5-15(14)9-13/h2-9,16H,10-11H2,1H3,(H,20,22)(H,23,24). The second kappa shape index (κ2) is 7.17. The van der Waals surface area contributed by atoms with Crippen molar-refractivity contribution in [2.45, 2.75) is 13.3 Å². The second-order valence-corrected chi connectivity index (χ2v) is 5.95. The van der Waals surface area contributed by atoms with Crippen molar-refractivity contribution in [3.05, 3.63) is 65.5 Å². The highest BCUT2D eigenvalue weighted by Crippen LogP contribution is 2.18. The first-order valence-corrected chi connectivity index (χ1v) is 7.95. The summed E-state index contributed by atoms with van der Waals surface area (Å²) in [6.45, 7) is 1.70. The Hall–Kier alpha value is -3.15. The molecular formula is C19H18N2O4. The van der Waals surface area contributed by atoms with Gasteiger partial charge >= 0.3 is 5.97 Å². The number of hydrogen-bond donors (Lipinski definition) is 2. The van der Waals surface area contributed by atoms with E-state index in [0.717, 1.165) is 16.3 Å². The molecule has 1 amide bonds. The van der Waals surface area contributed by atoms with E-state index in [4.69, 9.17) is 4.52 Å². The molecule has 0 saturated carbocycles. The zero-order valence-electron chi connectivity index (χ0n) is 13.7. The van der Waals surface area contributed by atoms with Crippen molar-refractivity contribution in [2.24, 2.45) is 5.92 Å². The van der Waals surface area contributed by atoms with Gasteiger partial charge in [0.1, 0.15) is 5.76 Å². The number of carboxylic acid groups (broad SMARTS) is 1. The summed E-state index contributed by atoms with van der Waals surface area (Å²) in [7, 11) is 0. The summed E-state index contributed by atoms with van der Waals surface area (Å²) in [6.07, 6.45) is 0.332. The number of aryl methyl sites for hydroxylation is 1. The average molecular weight is 338 g/mol. The second-order valence-electron chi connectivity index (χ2n) is 5.95. The minimum Gasteiger partial charge on any atom is -0.481 e. The van der Waals surface area contributed by atoms with Crippen LogP contribution in [-0.2, 0) is 11.2 Å². The van der Waals surface area contributed by atoms with E-state index in [9.17, 15) is 14.7 Å². The molecule has 2 N–H and O–H groups in total. The van der Waals surface area contributed by atoms with E-state index in [1.54, 1.807) is 6.92 Å². The van der Waals surface area contributed by atoms with Gasteiger partial charge in [-0.3, -0.25) is 9.59 Å². The van der Waals surface area contributed by atoms with Crippen molar-refractivity contribution < 1.29 is 19.2 Å². The van der Waals surface area contributed by atoms with Crippen molar-refractivity contribution in [1.82, 2.24) is 10.5 Å². The molecule has 2 aromatic carbocycles. The predicted octanol–water partition coefficient (Wildman–Crippen LogP) is 2.81. The van der Waals surface area contributed by atoms with Gasteiger partial charge in [0.15, 0.2) is 5.69 Å². The number of aromatic nitrogens is 1. The van der Waals surface area contributed by atoms with E-state index < -0.39 is 17.8 Å². The molecule has 0 saturated heterocycles. The lowest BCUT2D eigenvalue weighted by Gasteiger charge is -2.13. The topological polar surface area (TPSA) is 92.4 Å². The molecule has 3 aromatic rings. The number of benzene rings is 2. The largest absolute Gasteiger partial charge is 0.481 e. The third kappa shape index (κ3) is 4.03. The number of aliphatic carboxylic acids is 1. The van der Waals surface area contributed by atoms with Crippen LogP contribution in [0.5, 0.6) is 0 Å². The van der Waals surface area contributed by atoms with Gasteiger partial charge in [-0.25, -0.2) is 0 Å². The Morgan fingerprint density at radius 3 is 2.60 bits per heavy atom. The van der Waals surface area contributed by atoms with Crippen LogP contribution in [0.1, 0.15) is 21.8 Å². The minimum absolute atomic E-state index is 0.0207. The van der Waals surface area contributed by atoms with Gasteiger partial charge in [0.05, 0.1) is 5.92 Å². The predicted molar refractivity (Wildman–Crippen MR) is 92.4 cm³/mol. The van der Waals surface area contributed by atoms with Crippen molar-refractivity contribution in [3.63, 3.8) is 0 Å². The normalized spacial score (nSPS) is 12.0. The van der Waals surface area contributed by atoms with E-state index in [0.29, 0.717) is 12.2 Å². The van der Waals surface area contributed by atoms with Crippen LogP contribution in [-0.4, -0.2) is 28.7 Å². The number of nitrogens with one attached hydrogen (secondary N) is 1. The van der Waals surface area contributed by atoms with Crippen molar-refractivity contribution in [3.8, 4) is 0 Å². The fraction of sp³-hybridized carbons (Fsp3) is 0.211. The van der Waals surface area contributed by atoms with Gasteiger partial charge in [0.2, 0.25) is 0 Å². The van der Waals surface area contributed by atoms with Crippen LogP contribution in [0, 0.1) is 12.8 Å². The smallest absolute Gasteiger partial charge is 0.308 e. The monoisotopic (exact) mass is 338 g/mol. The van der Waals surface area contributed by atoms with E-state index in [1.807, 2.05) is 42.5 Å². The highest BCUT2D eigenvalue weighted by molar-refractivity contribution is 5.92. The maximum atomic E-state index is 12.0. The van der Waals surface area contributed by atoms with Crippen molar-refractivity contribution >= 4 is 22.6 Å². The van der Waals surface area contributed by atoms with Crippen LogP contribution in [0.15, 0.2) is 53.1 Å². The summed E-state index contributed by atoms with van der Waals surface area (Å²) in [5.74, 6) is -1.60. The number of hydrogen-bond acceptors (Lipinski definition) is 4. The van der Waals surface area contributed by atoms with E-state index in [1.165, 1.54) is 6.07 Å². The zero-order chi connectivity index (χ0) is 17.8. The van der Waals surface area contributed by atoms with Gasteiger partial charge < -0.3 is 14.9 Å². The lowest BCUT2D eigenvalue weighted by Crippen LogP contribution is -2.34. The number of rotatable bonds is 6. The molecular weight excluding hydrogens is 320 g/mol. The Morgan fingerprint density at radius 1 is 1.16 bits per heavy atom. The molecule has 0 aliphatic heterocycles. The first-order chi connectivity index (χ1) is 12.0. The molecule has 1 aromatic heterocycles. The number of nitrogens with zero attached hydrogens (tertiary/aromatic N) is 1. The first kappa shape index (κ1) is 16.7. The quantitative estimate of drug-likeness (QED) is 0.721. The highest BCUT2D eigenvalue weighted by atomic mass is 16.5. The van der Waals surface area contributed by atoms with Crippen LogP contribution < -0.4 is 5.32 Å². The van der Waals surface area contributed by atoms with E-state index in [-0.39, 0.29) is 12.2 Å². The van der Waals surface area contributed by atoms with Gasteiger partial charge in [0.25, 0.3) is 5.91 Å². The van der Waals surface area contributed by atoms with Gasteiger partial charge in [-0.15, -0.1) is 0 Å². The molecule has 0 aliphatic carbocycles. The lowest BCUT2D eigenvalue weighted by atomic mass is 9.97. The van der Waals surface area contributed by atoms with Crippen LogP contribution in [0.3, 0.4) is 0 Å². The Labute approximate surface area is 144 Å². The number of carboxylic acids is 1. The Kier molecular flexibility index (Phi) is 4.79. The Bertz CT molecular complexity index is 916. The molecule has 1 heterocycles. The molecule has 1 unspecified atom stereocenters. The fourth-order valence-electron chi connectivity index (χ4n) is 2.68. The van der Waals surface area contributed by atoms with Gasteiger partial charge in [-0.05, 0) is 29.7 Å². The maximum absolute atomic E-state index is 12.0. The summed E-state index contributed by atoms with van der Waals surface area (Å²) in [5.41, 5.74) is 1.06. The first-order valence-electron chi connectivity index (χ1n) is 7.95. The summed E-state index contributed by atoms with van der Waals surface area (Å²) in [6, 6.07) is 15.3. The number of carbonyl (C=O) groups is 2. The molecule has 0 fully saturated rings. The van der Waals surface area contributed by atoms with Crippen LogP contribution in [0.25, 0.3) is 10.8 Å². The summed E-state index contributed by atoms with van der Waals surface area (Å²) < 4.78 is 4.85. The molecule has 128 valence electrons. The average Bonchev–Trinajstić information content (AvgIpc) is 3.04. The highest BCUT2D eigenvalue weighted by Gasteiger charge is 2.20. The molecule has 0 bridgehead atoms. The summed E-state index contributed by atoms with van der Waals surface area (Å²) in [5, 5.41) is 17.8. The molecule has 0 aliphatic rings. The summed E-state index contributed by atoms with van der Waals surface area (Å²) >= 11 is 0. The fourth-order valence-corrected chi connectivity index (χ4v) is 2.68. The summed E-state index contributed by atoms with van der Waals surface area (Å²) in [4.78, 5) is 23.5. The molecule has 0 spiro atoms. The number of amides is 1. The number of fused-ring (bicyclic) bond motifs is 1. The molecule has 6 nitrogen and oxygen atoms in total. The minimum atomic E-state index is -0.954. The Morgan fingerprint density at radius 2 is 1.92 bits per heavy atom. The van der Waals surface area contributed by atoms with Crippen molar-refractivity contribution in [1.29, 1.82) is 0 Å². The van der Waals surface area contributed by atoms with E-state index in [2.05, 4.69) is 10.5 Å². The van der Waals surface area contributed by atoms with Gasteiger partial charge in [-0.1, -0.05) is 47.6 Å². The Balaban J connectivity index is 1.68.